The Labute approximate surface area is 126 Å². The molecule has 1 saturated heterocycles. The summed E-state index contributed by atoms with van der Waals surface area (Å²) in [4.78, 5) is 2.52. The number of hydrogen-bond acceptors (Lipinski definition) is 3. The highest BCUT2D eigenvalue weighted by molar-refractivity contribution is 4.62. The average Bonchev–Trinajstić information content (AvgIpc) is 2.49. The summed E-state index contributed by atoms with van der Waals surface area (Å²) in [7, 11) is 0. The minimum Gasteiger partial charge on any atom is -0.379 e. The fourth-order valence-corrected chi connectivity index (χ4v) is 2.76. The number of nitrogens with zero attached hydrogens (tertiary/aromatic N) is 1. The van der Waals surface area contributed by atoms with Crippen molar-refractivity contribution in [3.8, 4) is 0 Å². The molecule has 1 aliphatic rings. The zero-order valence-corrected chi connectivity index (χ0v) is 13.7. The molecule has 3 nitrogen and oxygen atoms in total. The molecule has 3 heteroatoms. The van der Waals surface area contributed by atoms with Gasteiger partial charge in [-0.15, -0.1) is 0 Å². The van der Waals surface area contributed by atoms with E-state index in [-0.39, 0.29) is 0 Å². The first-order valence-electron chi connectivity index (χ1n) is 8.94. The van der Waals surface area contributed by atoms with Crippen LogP contribution in [0, 0.1) is 0 Å². The number of ether oxygens (including phenoxy) is 1. The molecule has 1 heterocycles. The summed E-state index contributed by atoms with van der Waals surface area (Å²) in [5, 5.41) is 3.58. The van der Waals surface area contributed by atoms with Gasteiger partial charge in [-0.1, -0.05) is 51.9 Å². The molecule has 0 aromatic heterocycles. The Kier molecular flexibility index (Phi) is 12.4. The van der Waals surface area contributed by atoms with E-state index < -0.39 is 0 Å². The smallest absolute Gasteiger partial charge is 0.0594 e. The molecule has 0 aromatic rings. The average molecular weight is 284 g/mol. The third-order valence-corrected chi connectivity index (χ3v) is 4.14. The molecule has 0 spiro atoms. The van der Waals surface area contributed by atoms with Gasteiger partial charge in [0.15, 0.2) is 0 Å². The lowest BCUT2D eigenvalue weighted by molar-refractivity contribution is 0.0374. The molecule has 0 atom stereocenters. The molecule has 120 valence electrons. The molecule has 20 heavy (non-hydrogen) atoms. The maximum absolute atomic E-state index is 5.36. The van der Waals surface area contributed by atoms with Gasteiger partial charge < -0.3 is 10.1 Å². The molecule has 0 unspecified atom stereocenters. The van der Waals surface area contributed by atoms with E-state index in [1.807, 2.05) is 0 Å². The summed E-state index contributed by atoms with van der Waals surface area (Å²) in [6.07, 6.45) is 12.6. The maximum atomic E-state index is 5.36. The quantitative estimate of drug-likeness (QED) is 0.524. The van der Waals surface area contributed by atoms with Crippen molar-refractivity contribution in [3.63, 3.8) is 0 Å². The fraction of sp³-hybridized carbons (Fsp3) is 1.00. The Morgan fingerprint density at radius 2 is 1.40 bits per heavy atom. The molecule has 1 rings (SSSR count). The second-order valence-corrected chi connectivity index (χ2v) is 6.03. The van der Waals surface area contributed by atoms with Crippen molar-refractivity contribution in [2.75, 3.05) is 45.9 Å². The van der Waals surface area contributed by atoms with Crippen LogP contribution < -0.4 is 5.32 Å². The molecule has 0 saturated carbocycles. The summed E-state index contributed by atoms with van der Waals surface area (Å²) in [6, 6.07) is 0. The van der Waals surface area contributed by atoms with E-state index in [0.717, 1.165) is 26.3 Å². The predicted molar refractivity (Wildman–Crippen MR) is 87.4 cm³/mol. The molecule has 1 N–H and O–H groups in total. The highest BCUT2D eigenvalue weighted by atomic mass is 16.5. The van der Waals surface area contributed by atoms with Crippen LogP contribution in [0.4, 0.5) is 0 Å². The van der Waals surface area contributed by atoms with Crippen LogP contribution in [0.2, 0.25) is 0 Å². The zero-order chi connectivity index (χ0) is 14.3. The van der Waals surface area contributed by atoms with Crippen molar-refractivity contribution in [3.05, 3.63) is 0 Å². The zero-order valence-electron chi connectivity index (χ0n) is 13.7. The van der Waals surface area contributed by atoms with E-state index in [2.05, 4.69) is 17.1 Å². The number of unbranched alkanes of at least 4 members (excludes halogenated alkanes) is 7. The van der Waals surface area contributed by atoms with Crippen molar-refractivity contribution in [2.45, 2.75) is 64.7 Å². The second-order valence-electron chi connectivity index (χ2n) is 6.03. The van der Waals surface area contributed by atoms with Gasteiger partial charge >= 0.3 is 0 Å². The SMILES string of the molecule is CCCCCCCCCCNCCCN1CCOCC1. The lowest BCUT2D eigenvalue weighted by Crippen LogP contribution is -2.37. The second kappa shape index (κ2) is 13.8. The first kappa shape index (κ1) is 17.9. The van der Waals surface area contributed by atoms with Crippen molar-refractivity contribution in [2.24, 2.45) is 0 Å². The van der Waals surface area contributed by atoms with Gasteiger partial charge in [0, 0.05) is 13.1 Å². The van der Waals surface area contributed by atoms with Crippen LogP contribution in [0.25, 0.3) is 0 Å². The molecule has 0 aromatic carbocycles. The maximum Gasteiger partial charge on any atom is 0.0594 e. The largest absolute Gasteiger partial charge is 0.379 e. The number of rotatable bonds is 13. The van der Waals surface area contributed by atoms with Gasteiger partial charge in [-0.3, -0.25) is 4.90 Å². The summed E-state index contributed by atoms with van der Waals surface area (Å²) < 4.78 is 5.36. The Hall–Kier alpha value is -0.120. The van der Waals surface area contributed by atoms with E-state index >= 15 is 0 Å². The molecule has 1 aliphatic heterocycles. The minimum atomic E-state index is 0.922. The minimum absolute atomic E-state index is 0.922. The van der Waals surface area contributed by atoms with E-state index in [9.17, 15) is 0 Å². The number of nitrogens with one attached hydrogen (secondary N) is 1. The van der Waals surface area contributed by atoms with E-state index in [1.165, 1.54) is 77.4 Å². The van der Waals surface area contributed by atoms with Crippen LogP contribution in [0.3, 0.4) is 0 Å². The van der Waals surface area contributed by atoms with E-state index in [1.54, 1.807) is 0 Å². The number of hydrogen-bond donors (Lipinski definition) is 1. The van der Waals surface area contributed by atoms with Gasteiger partial charge in [-0.25, -0.2) is 0 Å². The van der Waals surface area contributed by atoms with E-state index in [0.29, 0.717) is 0 Å². The normalized spacial score (nSPS) is 16.6. The third kappa shape index (κ3) is 10.6. The Morgan fingerprint density at radius 1 is 0.800 bits per heavy atom. The lowest BCUT2D eigenvalue weighted by atomic mass is 10.1. The molecule has 0 radical (unpaired) electrons. The van der Waals surface area contributed by atoms with Gasteiger partial charge in [-0.2, -0.15) is 0 Å². The fourth-order valence-electron chi connectivity index (χ4n) is 2.76. The van der Waals surface area contributed by atoms with Gasteiger partial charge in [0.25, 0.3) is 0 Å². The molecule has 0 aliphatic carbocycles. The van der Waals surface area contributed by atoms with Crippen LogP contribution in [0.5, 0.6) is 0 Å². The van der Waals surface area contributed by atoms with Crippen molar-refractivity contribution < 1.29 is 4.74 Å². The van der Waals surface area contributed by atoms with Crippen LogP contribution in [-0.4, -0.2) is 50.8 Å². The molecule has 0 amide bonds. The monoisotopic (exact) mass is 284 g/mol. The predicted octanol–water partition coefficient (Wildman–Crippen LogP) is 3.44. The molecular weight excluding hydrogens is 248 g/mol. The van der Waals surface area contributed by atoms with Gasteiger partial charge in [0.1, 0.15) is 0 Å². The summed E-state index contributed by atoms with van der Waals surface area (Å²) in [5.41, 5.74) is 0. The Morgan fingerprint density at radius 3 is 2.10 bits per heavy atom. The van der Waals surface area contributed by atoms with Gasteiger partial charge in [0.05, 0.1) is 13.2 Å². The van der Waals surface area contributed by atoms with Gasteiger partial charge in [-0.05, 0) is 32.5 Å². The first-order valence-corrected chi connectivity index (χ1v) is 8.94. The topological polar surface area (TPSA) is 24.5 Å². The van der Waals surface area contributed by atoms with Crippen LogP contribution in [-0.2, 0) is 4.74 Å². The lowest BCUT2D eigenvalue weighted by Gasteiger charge is -2.26. The van der Waals surface area contributed by atoms with Crippen LogP contribution in [0.15, 0.2) is 0 Å². The van der Waals surface area contributed by atoms with Crippen LogP contribution in [0.1, 0.15) is 64.7 Å². The summed E-state index contributed by atoms with van der Waals surface area (Å²) >= 11 is 0. The first-order chi connectivity index (χ1) is 9.93. The summed E-state index contributed by atoms with van der Waals surface area (Å²) in [5.74, 6) is 0. The van der Waals surface area contributed by atoms with Gasteiger partial charge in [0.2, 0.25) is 0 Å². The highest BCUT2D eigenvalue weighted by Crippen LogP contribution is 2.07. The van der Waals surface area contributed by atoms with Crippen LogP contribution >= 0.6 is 0 Å². The highest BCUT2D eigenvalue weighted by Gasteiger charge is 2.08. The Balaban J connectivity index is 1.70. The van der Waals surface area contributed by atoms with E-state index in [4.69, 9.17) is 4.74 Å². The molecular formula is C17H36N2O. The van der Waals surface area contributed by atoms with Crippen molar-refractivity contribution >= 4 is 0 Å². The summed E-state index contributed by atoms with van der Waals surface area (Å²) in [6.45, 7) is 9.98. The van der Waals surface area contributed by atoms with Crippen molar-refractivity contribution in [1.29, 1.82) is 0 Å². The third-order valence-electron chi connectivity index (χ3n) is 4.14. The number of morpholine rings is 1. The standard InChI is InChI=1S/C17H36N2O/c1-2-3-4-5-6-7-8-9-11-18-12-10-13-19-14-16-20-17-15-19/h18H,2-17H2,1H3. The Bertz CT molecular complexity index is 193. The van der Waals surface area contributed by atoms with Crippen molar-refractivity contribution in [1.82, 2.24) is 10.2 Å². The molecule has 0 bridgehead atoms. The molecule has 1 fully saturated rings.